The molecule has 0 aromatic heterocycles. The Morgan fingerprint density at radius 3 is 2.44 bits per heavy atom. The van der Waals surface area contributed by atoms with E-state index in [1.807, 2.05) is 18.2 Å². The molecule has 0 heterocycles. The molecule has 0 aliphatic carbocycles. The SMILES string of the molecule is C=CC[C@@H](N)c1ccc(OC)c(OC)c1.Cl. The number of halogens is 1. The molecule has 0 saturated heterocycles. The van der Waals surface area contributed by atoms with Gasteiger partial charge in [-0.25, -0.2) is 0 Å². The molecule has 0 fully saturated rings. The maximum absolute atomic E-state index is 5.95. The first-order chi connectivity index (χ1) is 7.22. The van der Waals surface area contributed by atoms with Crippen LogP contribution in [0.2, 0.25) is 0 Å². The van der Waals surface area contributed by atoms with Gasteiger partial charge in [-0.15, -0.1) is 19.0 Å². The van der Waals surface area contributed by atoms with E-state index in [0.717, 1.165) is 12.0 Å². The van der Waals surface area contributed by atoms with Gasteiger partial charge < -0.3 is 15.2 Å². The van der Waals surface area contributed by atoms with Crippen molar-refractivity contribution in [2.45, 2.75) is 12.5 Å². The lowest BCUT2D eigenvalue weighted by molar-refractivity contribution is 0.354. The molecule has 4 heteroatoms. The van der Waals surface area contributed by atoms with Crippen molar-refractivity contribution < 1.29 is 9.47 Å². The molecular formula is C12H18ClNO2. The summed E-state index contributed by atoms with van der Waals surface area (Å²) in [5.41, 5.74) is 6.97. The second kappa shape index (κ2) is 7.14. The van der Waals surface area contributed by atoms with E-state index in [1.54, 1.807) is 20.3 Å². The van der Waals surface area contributed by atoms with Gasteiger partial charge in [0.05, 0.1) is 14.2 Å². The number of benzene rings is 1. The van der Waals surface area contributed by atoms with Crippen molar-refractivity contribution >= 4 is 12.4 Å². The number of nitrogens with two attached hydrogens (primary N) is 1. The summed E-state index contributed by atoms with van der Waals surface area (Å²) in [6.45, 7) is 3.67. The Morgan fingerprint density at radius 1 is 1.31 bits per heavy atom. The topological polar surface area (TPSA) is 44.5 Å². The van der Waals surface area contributed by atoms with Crippen LogP contribution in [0.15, 0.2) is 30.9 Å². The smallest absolute Gasteiger partial charge is 0.161 e. The standard InChI is InChI=1S/C12H17NO2.ClH/c1-4-5-10(13)9-6-7-11(14-2)12(8-9)15-3;/h4,6-8,10H,1,5,13H2,2-3H3;1H/t10-;/m1./s1. The van der Waals surface area contributed by atoms with E-state index in [9.17, 15) is 0 Å². The van der Waals surface area contributed by atoms with E-state index in [1.165, 1.54) is 0 Å². The lowest BCUT2D eigenvalue weighted by Crippen LogP contribution is -2.09. The van der Waals surface area contributed by atoms with Gasteiger partial charge in [-0.2, -0.15) is 0 Å². The molecule has 1 aromatic rings. The van der Waals surface area contributed by atoms with E-state index in [2.05, 4.69) is 6.58 Å². The van der Waals surface area contributed by atoms with Crippen molar-refractivity contribution in [1.82, 2.24) is 0 Å². The van der Waals surface area contributed by atoms with Crippen LogP contribution in [-0.2, 0) is 0 Å². The van der Waals surface area contributed by atoms with Crippen LogP contribution >= 0.6 is 12.4 Å². The summed E-state index contributed by atoms with van der Waals surface area (Å²) in [7, 11) is 3.22. The summed E-state index contributed by atoms with van der Waals surface area (Å²) in [5.74, 6) is 1.42. The lowest BCUT2D eigenvalue weighted by Gasteiger charge is -2.13. The van der Waals surface area contributed by atoms with Crippen LogP contribution in [0.4, 0.5) is 0 Å². The average Bonchev–Trinajstić information content (AvgIpc) is 2.28. The highest BCUT2D eigenvalue weighted by molar-refractivity contribution is 5.85. The number of rotatable bonds is 5. The Balaban J connectivity index is 0.00000225. The van der Waals surface area contributed by atoms with Crippen LogP contribution in [-0.4, -0.2) is 14.2 Å². The number of methoxy groups -OCH3 is 2. The largest absolute Gasteiger partial charge is 0.493 e. The zero-order chi connectivity index (χ0) is 11.3. The number of hydrogen-bond donors (Lipinski definition) is 1. The Bertz CT molecular complexity index is 342. The zero-order valence-corrected chi connectivity index (χ0v) is 10.4. The van der Waals surface area contributed by atoms with Gasteiger partial charge in [0.15, 0.2) is 11.5 Å². The van der Waals surface area contributed by atoms with Crippen molar-refractivity contribution in [3.05, 3.63) is 36.4 Å². The maximum atomic E-state index is 5.95. The fourth-order valence-electron chi connectivity index (χ4n) is 1.40. The highest BCUT2D eigenvalue weighted by Crippen LogP contribution is 2.30. The molecule has 16 heavy (non-hydrogen) atoms. The molecule has 0 saturated carbocycles. The summed E-state index contributed by atoms with van der Waals surface area (Å²) in [6.07, 6.45) is 2.55. The van der Waals surface area contributed by atoms with Crippen LogP contribution < -0.4 is 15.2 Å². The highest BCUT2D eigenvalue weighted by Gasteiger charge is 2.08. The van der Waals surface area contributed by atoms with E-state index in [0.29, 0.717) is 11.5 Å². The highest BCUT2D eigenvalue weighted by atomic mass is 35.5. The first kappa shape index (κ1) is 14.8. The minimum Gasteiger partial charge on any atom is -0.493 e. The third-order valence-corrected chi connectivity index (χ3v) is 2.26. The molecular weight excluding hydrogens is 226 g/mol. The van der Waals surface area contributed by atoms with Gasteiger partial charge in [0.25, 0.3) is 0 Å². The van der Waals surface area contributed by atoms with Gasteiger partial charge >= 0.3 is 0 Å². The Labute approximate surface area is 103 Å². The van der Waals surface area contributed by atoms with Crippen LogP contribution in [0.3, 0.4) is 0 Å². The Morgan fingerprint density at radius 2 is 1.94 bits per heavy atom. The summed E-state index contributed by atoms with van der Waals surface area (Å²) in [5, 5.41) is 0. The molecule has 0 bridgehead atoms. The molecule has 90 valence electrons. The van der Waals surface area contributed by atoms with Gasteiger partial charge in [0.2, 0.25) is 0 Å². The first-order valence-electron chi connectivity index (χ1n) is 4.81. The second-order valence-electron chi connectivity index (χ2n) is 3.25. The minimum absolute atomic E-state index is 0. The fourth-order valence-corrected chi connectivity index (χ4v) is 1.40. The van der Waals surface area contributed by atoms with Crippen molar-refractivity contribution in [3.8, 4) is 11.5 Å². The lowest BCUT2D eigenvalue weighted by atomic mass is 10.0. The fraction of sp³-hybridized carbons (Fsp3) is 0.333. The monoisotopic (exact) mass is 243 g/mol. The predicted molar refractivity (Wildman–Crippen MR) is 68.5 cm³/mol. The van der Waals surface area contributed by atoms with Crippen LogP contribution in [0, 0.1) is 0 Å². The summed E-state index contributed by atoms with van der Waals surface area (Å²) in [6, 6.07) is 5.65. The van der Waals surface area contributed by atoms with Gasteiger partial charge in [0, 0.05) is 6.04 Å². The van der Waals surface area contributed by atoms with Crippen molar-refractivity contribution in [2.24, 2.45) is 5.73 Å². The van der Waals surface area contributed by atoms with Crippen LogP contribution in [0.5, 0.6) is 11.5 Å². The molecule has 0 spiro atoms. The maximum Gasteiger partial charge on any atom is 0.161 e. The molecule has 0 amide bonds. The van der Waals surface area contributed by atoms with E-state index >= 15 is 0 Å². The molecule has 1 atom stereocenters. The molecule has 2 N–H and O–H groups in total. The van der Waals surface area contributed by atoms with Gasteiger partial charge in [-0.3, -0.25) is 0 Å². The summed E-state index contributed by atoms with van der Waals surface area (Å²) >= 11 is 0. The number of hydrogen-bond acceptors (Lipinski definition) is 3. The molecule has 0 aliphatic heterocycles. The zero-order valence-electron chi connectivity index (χ0n) is 9.60. The summed E-state index contributed by atoms with van der Waals surface area (Å²) < 4.78 is 10.3. The van der Waals surface area contributed by atoms with E-state index in [4.69, 9.17) is 15.2 Å². The molecule has 0 unspecified atom stereocenters. The van der Waals surface area contributed by atoms with Crippen molar-refractivity contribution in [3.63, 3.8) is 0 Å². The summed E-state index contributed by atoms with van der Waals surface area (Å²) in [4.78, 5) is 0. The van der Waals surface area contributed by atoms with Crippen molar-refractivity contribution in [1.29, 1.82) is 0 Å². The average molecular weight is 244 g/mol. The van der Waals surface area contributed by atoms with Gasteiger partial charge in [-0.1, -0.05) is 12.1 Å². The van der Waals surface area contributed by atoms with E-state index < -0.39 is 0 Å². The van der Waals surface area contributed by atoms with Gasteiger partial charge in [-0.05, 0) is 24.1 Å². The molecule has 1 aromatic carbocycles. The molecule has 0 aliphatic rings. The molecule has 1 rings (SSSR count). The Kier molecular flexibility index (Phi) is 6.61. The number of ether oxygens (including phenoxy) is 2. The normalized spacial score (nSPS) is 11.2. The third kappa shape index (κ3) is 3.43. The third-order valence-electron chi connectivity index (χ3n) is 2.26. The quantitative estimate of drug-likeness (QED) is 0.809. The molecule has 3 nitrogen and oxygen atoms in total. The van der Waals surface area contributed by atoms with Gasteiger partial charge in [0.1, 0.15) is 0 Å². The molecule has 0 radical (unpaired) electrons. The van der Waals surface area contributed by atoms with Crippen molar-refractivity contribution in [2.75, 3.05) is 14.2 Å². The van der Waals surface area contributed by atoms with Crippen LogP contribution in [0.25, 0.3) is 0 Å². The van der Waals surface area contributed by atoms with Crippen LogP contribution in [0.1, 0.15) is 18.0 Å². The Hall–Kier alpha value is -1.19. The van der Waals surface area contributed by atoms with E-state index in [-0.39, 0.29) is 18.4 Å². The minimum atomic E-state index is -0.0395. The second-order valence-corrected chi connectivity index (χ2v) is 3.25. The first-order valence-corrected chi connectivity index (χ1v) is 4.81. The predicted octanol–water partition coefficient (Wildman–Crippen LogP) is 2.70.